The second kappa shape index (κ2) is 6.54. The van der Waals surface area contributed by atoms with Crippen molar-refractivity contribution in [2.75, 3.05) is 24.6 Å². The molecule has 0 bridgehead atoms. The molecule has 8 nitrogen and oxygen atoms in total. The molecule has 10 heteroatoms. The lowest BCUT2D eigenvalue weighted by Gasteiger charge is -2.24. The second-order valence-electron chi connectivity index (χ2n) is 5.65. The van der Waals surface area contributed by atoms with E-state index in [4.69, 9.17) is 5.11 Å². The number of H-pyrrole nitrogens is 1. The third-order valence-electron chi connectivity index (χ3n) is 3.47. The Morgan fingerprint density at radius 1 is 1.35 bits per heavy atom. The maximum absolute atomic E-state index is 12.5. The number of aliphatic carboxylic acids is 1. The number of nitrogens with zero attached hydrogens (tertiary/aromatic N) is 1. The van der Waals surface area contributed by atoms with E-state index in [1.54, 1.807) is 11.8 Å². The van der Waals surface area contributed by atoms with Crippen LogP contribution < -0.4 is 5.32 Å². The van der Waals surface area contributed by atoms with Gasteiger partial charge in [0.2, 0.25) is 10.0 Å². The number of thioether (sulfide) groups is 1. The van der Waals surface area contributed by atoms with Crippen LogP contribution >= 0.6 is 11.8 Å². The van der Waals surface area contributed by atoms with Crippen molar-refractivity contribution in [3.63, 3.8) is 0 Å². The number of amides is 1. The van der Waals surface area contributed by atoms with E-state index in [1.807, 2.05) is 0 Å². The molecule has 1 saturated heterocycles. The molecule has 0 radical (unpaired) electrons. The first-order valence-electron chi connectivity index (χ1n) is 6.97. The van der Waals surface area contributed by atoms with Crippen molar-refractivity contribution in [3.05, 3.63) is 18.0 Å². The molecule has 0 aromatic carbocycles. The molecule has 0 atom stereocenters. The Hall–Kier alpha value is -1.52. The molecular weight excluding hydrogens is 342 g/mol. The van der Waals surface area contributed by atoms with Gasteiger partial charge in [-0.3, -0.25) is 4.79 Å². The number of rotatable bonds is 5. The van der Waals surface area contributed by atoms with Crippen LogP contribution in [-0.4, -0.2) is 64.8 Å². The van der Waals surface area contributed by atoms with Gasteiger partial charge in [-0.15, -0.1) is 0 Å². The summed E-state index contributed by atoms with van der Waals surface area (Å²) < 4.78 is 26.4. The van der Waals surface area contributed by atoms with Gasteiger partial charge < -0.3 is 15.4 Å². The van der Waals surface area contributed by atoms with E-state index in [2.05, 4.69) is 10.3 Å². The summed E-state index contributed by atoms with van der Waals surface area (Å²) in [4.78, 5) is 25.7. The summed E-state index contributed by atoms with van der Waals surface area (Å²) in [5.74, 6) is -0.378. The highest BCUT2D eigenvalue weighted by atomic mass is 32.2. The smallest absolute Gasteiger partial charge is 0.328 e. The molecule has 1 aliphatic heterocycles. The SMILES string of the molecule is CC(C)(NC(=O)c1cc(S(=O)(=O)N2CCSCC2)c[nH]1)C(=O)O. The van der Waals surface area contributed by atoms with Crippen LogP contribution in [0.2, 0.25) is 0 Å². The molecule has 0 unspecified atom stereocenters. The summed E-state index contributed by atoms with van der Waals surface area (Å²) in [6.45, 7) is 3.57. The molecule has 2 heterocycles. The Labute approximate surface area is 138 Å². The lowest BCUT2D eigenvalue weighted by atomic mass is 10.1. The van der Waals surface area contributed by atoms with E-state index in [0.717, 1.165) is 11.5 Å². The lowest BCUT2D eigenvalue weighted by molar-refractivity contribution is -0.143. The largest absolute Gasteiger partial charge is 0.480 e. The standard InChI is InChI=1S/C13H19N3O5S2/c1-13(2,12(18)19)15-11(17)10-7-9(8-14-10)23(20,21)16-3-5-22-6-4-16/h7-8,14H,3-6H2,1-2H3,(H,15,17)(H,18,19). The van der Waals surface area contributed by atoms with Crippen LogP contribution in [0.1, 0.15) is 24.3 Å². The Bertz CT molecular complexity index is 705. The van der Waals surface area contributed by atoms with E-state index in [1.165, 1.54) is 30.4 Å². The Morgan fingerprint density at radius 3 is 2.52 bits per heavy atom. The number of carboxylic acids is 1. The van der Waals surface area contributed by atoms with Crippen molar-refractivity contribution in [1.82, 2.24) is 14.6 Å². The number of sulfonamides is 1. The van der Waals surface area contributed by atoms with E-state index >= 15 is 0 Å². The predicted molar refractivity (Wildman–Crippen MR) is 86.1 cm³/mol. The van der Waals surface area contributed by atoms with Gasteiger partial charge in [-0.1, -0.05) is 0 Å². The number of hydrogen-bond acceptors (Lipinski definition) is 5. The quantitative estimate of drug-likeness (QED) is 0.696. The monoisotopic (exact) mass is 361 g/mol. The minimum Gasteiger partial charge on any atom is -0.480 e. The van der Waals surface area contributed by atoms with Crippen molar-refractivity contribution in [2.45, 2.75) is 24.3 Å². The molecule has 1 aliphatic rings. The van der Waals surface area contributed by atoms with Crippen LogP contribution in [0.4, 0.5) is 0 Å². The Morgan fingerprint density at radius 2 is 1.96 bits per heavy atom. The van der Waals surface area contributed by atoms with Crippen LogP contribution in [0.15, 0.2) is 17.2 Å². The van der Waals surface area contributed by atoms with Crippen LogP contribution in [-0.2, 0) is 14.8 Å². The average Bonchev–Trinajstić information content (AvgIpc) is 2.98. The molecule has 2 rings (SSSR count). The fraction of sp³-hybridized carbons (Fsp3) is 0.538. The lowest BCUT2D eigenvalue weighted by Crippen LogP contribution is -2.49. The number of aromatic amines is 1. The Kier molecular flexibility index (Phi) is 5.07. The maximum Gasteiger partial charge on any atom is 0.328 e. The van der Waals surface area contributed by atoms with Gasteiger partial charge in [-0.2, -0.15) is 16.1 Å². The van der Waals surface area contributed by atoms with Crippen molar-refractivity contribution in [1.29, 1.82) is 0 Å². The zero-order chi connectivity index (χ0) is 17.3. The number of carbonyl (C=O) groups is 2. The van der Waals surface area contributed by atoms with Crippen molar-refractivity contribution in [2.24, 2.45) is 0 Å². The maximum atomic E-state index is 12.5. The molecule has 0 aliphatic carbocycles. The normalized spacial score (nSPS) is 17.0. The molecular formula is C13H19N3O5S2. The van der Waals surface area contributed by atoms with Crippen molar-refractivity contribution >= 4 is 33.7 Å². The van der Waals surface area contributed by atoms with Crippen LogP contribution in [0.3, 0.4) is 0 Å². The Balaban J connectivity index is 2.17. The topological polar surface area (TPSA) is 120 Å². The first-order valence-corrected chi connectivity index (χ1v) is 9.56. The van der Waals surface area contributed by atoms with Gasteiger partial charge in [0, 0.05) is 30.8 Å². The molecule has 1 amide bonds. The molecule has 1 fully saturated rings. The van der Waals surface area contributed by atoms with Gasteiger partial charge in [-0.05, 0) is 19.9 Å². The van der Waals surface area contributed by atoms with Gasteiger partial charge in [0.05, 0.1) is 0 Å². The second-order valence-corrected chi connectivity index (χ2v) is 8.81. The van der Waals surface area contributed by atoms with E-state index in [9.17, 15) is 18.0 Å². The zero-order valence-corrected chi connectivity index (χ0v) is 14.5. The fourth-order valence-electron chi connectivity index (χ4n) is 2.00. The molecule has 1 aromatic rings. The number of carboxylic acid groups (broad SMARTS) is 1. The molecule has 23 heavy (non-hydrogen) atoms. The number of aromatic nitrogens is 1. The molecule has 3 N–H and O–H groups in total. The number of carbonyl (C=O) groups excluding carboxylic acids is 1. The highest BCUT2D eigenvalue weighted by Crippen LogP contribution is 2.21. The highest BCUT2D eigenvalue weighted by Gasteiger charge is 2.31. The summed E-state index contributed by atoms with van der Waals surface area (Å²) in [5.41, 5.74) is -1.45. The van der Waals surface area contributed by atoms with Gasteiger partial charge >= 0.3 is 5.97 Å². The first-order chi connectivity index (χ1) is 10.6. The van der Waals surface area contributed by atoms with Crippen molar-refractivity contribution < 1.29 is 23.1 Å². The molecule has 0 spiro atoms. The first kappa shape index (κ1) is 17.8. The number of nitrogens with one attached hydrogen (secondary N) is 2. The summed E-state index contributed by atoms with van der Waals surface area (Å²) in [5, 5.41) is 11.3. The van der Waals surface area contributed by atoms with Crippen LogP contribution in [0.25, 0.3) is 0 Å². The van der Waals surface area contributed by atoms with Crippen molar-refractivity contribution in [3.8, 4) is 0 Å². The van der Waals surface area contributed by atoms with E-state index in [0.29, 0.717) is 13.1 Å². The van der Waals surface area contributed by atoms with Gasteiger partial charge in [-0.25, -0.2) is 13.2 Å². The molecule has 128 valence electrons. The highest BCUT2D eigenvalue weighted by molar-refractivity contribution is 7.99. The van der Waals surface area contributed by atoms with Gasteiger partial charge in [0.15, 0.2) is 0 Å². The minimum absolute atomic E-state index is 0.00248. The van der Waals surface area contributed by atoms with E-state index in [-0.39, 0.29) is 10.6 Å². The van der Waals surface area contributed by atoms with Gasteiger partial charge in [0.1, 0.15) is 16.1 Å². The van der Waals surface area contributed by atoms with Crippen LogP contribution in [0.5, 0.6) is 0 Å². The molecule has 1 aromatic heterocycles. The summed E-state index contributed by atoms with van der Waals surface area (Å²) in [6.07, 6.45) is 1.25. The summed E-state index contributed by atoms with van der Waals surface area (Å²) >= 11 is 1.70. The molecule has 0 saturated carbocycles. The minimum atomic E-state index is -3.64. The average molecular weight is 361 g/mol. The fourth-order valence-corrected chi connectivity index (χ4v) is 4.57. The third-order valence-corrected chi connectivity index (χ3v) is 6.29. The predicted octanol–water partition coefficient (Wildman–Crippen LogP) is 0.345. The van der Waals surface area contributed by atoms with E-state index < -0.39 is 27.4 Å². The third kappa shape index (κ3) is 3.88. The summed E-state index contributed by atoms with van der Waals surface area (Å²) in [7, 11) is -3.64. The summed E-state index contributed by atoms with van der Waals surface area (Å²) in [6, 6.07) is 1.23. The van der Waals surface area contributed by atoms with Crippen LogP contribution in [0, 0.1) is 0 Å². The van der Waals surface area contributed by atoms with Gasteiger partial charge in [0.25, 0.3) is 5.91 Å². The number of hydrogen-bond donors (Lipinski definition) is 3. The zero-order valence-electron chi connectivity index (χ0n) is 12.8.